The average Bonchev–Trinajstić information content (AvgIpc) is 2.81. The van der Waals surface area contributed by atoms with Crippen molar-refractivity contribution in [3.8, 4) is 0 Å². The molecule has 0 amide bonds. The molecule has 21 heavy (non-hydrogen) atoms. The van der Waals surface area contributed by atoms with E-state index < -0.39 is 0 Å². The first-order valence-electron chi connectivity index (χ1n) is 7.23. The number of nitrogens with one attached hydrogen (secondary N) is 1. The Morgan fingerprint density at radius 2 is 1.62 bits per heavy atom. The highest BCUT2D eigenvalue weighted by Gasteiger charge is 2.06. The second-order valence-corrected chi connectivity index (χ2v) is 4.59. The third kappa shape index (κ3) is 8.18. The highest BCUT2D eigenvalue weighted by Crippen LogP contribution is 2.15. The van der Waals surface area contributed by atoms with Gasteiger partial charge >= 0.3 is 0 Å². The number of methoxy groups -OCH3 is 1. The zero-order valence-corrected chi connectivity index (χ0v) is 13.3. The van der Waals surface area contributed by atoms with Crippen molar-refractivity contribution in [3.63, 3.8) is 0 Å². The number of rotatable bonds is 13. The first kappa shape index (κ1) is 18.1. The quantitative estimate of drug-likeness (QED) is 0.557. The van der Waals surface area contributed by atoms with Gasteiger partial charge in [-0.3, -0.25) is 0 Å². The fraction of sp³-hybridized carbons (Fsp3) is 0.733. The summed E-state index contributed by atoms with van der Waals surface area (Å²) in [6, 6.07) is 2.02. The van der Waals surface area contributed by atoms with Crippen molar-refractivity contribution in [2.75, 3.05) is 53.8 Å². The molecule has 1 heterocycles. The summed E-state index contributed by atoms with van der Waals surface area (Å²) in [7, 11) is 3.55. The lowest BCUT2D eigenvalue weighted by Gasteiger charge is -2.06. The first-order valence-corrected chi connectivity index (χ1v) is 7.23. The van der Waals surface area contributed by atoms with Gasteiger partial charge in [-0.2, -0.15) is 0 Å². The Kier molecular flexibility index (Phi) is 10.1. The van der Waals surface area contributed by atoms with Gasteiger partial charge in [-0.25, -0.2) is 0 Å². The summed E-state index contributed by atoms with van der Waals surface area (Å²) in [5, 5.41) is 3.06. The molecule has 0 saturated carbocycles. The fourth-order valence-corrected chi connectivity index (χ4v) is 1.76. The molecule has 0 aliphatic rings. The van der Waals surface area contributed by atoms with Crippen molar-refractivity contribution in [1.29, 1.82) is 0 Å². The molecule has 0 bridgehead atoms. The smallest absolute Gasteiger partial charge is 0.118 e. The molecule has 122 valence electrons. The minimum Gasteiger partial charge on any atom is -0.465 e. The maximum Gasteiger partial charge on any atom is 0.118 e. The van der Waals surface area contributed by atoms with E-state index in [0.717, 1.165) is 23.6 Å². The second kappa shape index (κ2) is 11.7. The molecule has 0 aliphatic heterocycles. The molecule has 0 fully saturated rings. The maximum atomic E-state index is 5.60. The van der Waals surface area contributed by atoms with E-state index in [1.54, 1.807) is 7.11 Å². The van der Waals surface area contributed by atoms with Gasteiger partial charge in [0.15, 0.2) is 0 Å². The zero-order valence-electron chi connectivity index (χ0n) is 13.3. The maximum absolute atomic E-state index is 5.60. The molecule has 1 N–H and O–H groups in total. The van der Waals surface area contributed by atoms with E-state index in [9.17, 15) is 0 Å². The van der Waals surface area contributed by atoms with Crippen LogP contribution in [0.5, 0.6) is 0 Å². The second-order valence-electron chi connectivity index (χ2n) is 4.59. The van der Waals surface area contributed by atoms with Crippen LogP contribution in [0.3, 0.4) is 0 Å². The van der Waals surface area contributed by atoms with Crippen LogP contribution < -0.4 is 5.32 Å². The van der Waals surface area contributed by atoms with Crippen molar-refractivity contribution in [2.24, 2.45) is 0 Å². The third-order valence-corrected chi connectivity index (χ3v) is 2.86. The van der Waals surface area contributed by atoms with E-state index in [1.807, 2.05) is 20.0 Å². The normalized spacial score (nSPS) is 11.2. The van der Waals surface area contributed by atoms with E-state index in [-0.39, 0.29) is 0 Å². The predicted octanol–water partition coefficient (Wildman–Crippen LogP) is 1.50. The van der Waals surface area contributed by atoms with Crippen LogP contribution in [0, 0.1) is 6.92 Å². The molecule has 0 spiro atoms. The molecule has 1 rings (SSSR count). The van der Waals surface area contributed by atoms with Gasteiger partial charge in [0.05, 0.1) is 52.8 Å². The minimum atomic E-state index is 0.548. The lowest BCUT2D eigenvalue weighted by atomic mass is 10.2. The van der Waals surface area contributed by atoms with Crippen molar-refractivity contribution in [1.82, 2.24) is 5.32 Å². The Morgan fingerprint density at radius 3 is 2.24 bits per heavy atom. The Bertz CT molecular complexity index is 367. The zero-order chi connectivity index (χ0) is 15.3. The molecular weight excluding hydrogens is 274 g/mol. The molecule has 0 aliphatic carbocycles. The summed E-state index contributed by atoms with van der Waals surface area (Å²) < 4.78 is 26.7. The van der Waals surface area contributed by atoms with Crippen LogP contribution >= 0.6 is 0 Å². The Balaban J connectivity index is 1.99. The SMILES string of the molecule is CNCc1cc(COCCOCCOCCOC)c(C)o1. The molecule has 0 unspecified atom stereocenters. The first-order chi connectivity index (χ1) is 10.3. The molecule has 0 atom stereocenters. The van der Waals surface area contributed by atoms with Gasteiger partial charge in [-0.15, -0.1) is 0 Å². The monoisotopic (exact) mass is 301 g/mol. The van der Waals surface area contributed by atoms with Gasteiger partial charge in [0, 0.05) is 12.7 Å². The van der Waals surface area contributed by atoms with Gasteiger partial charge < -0.3 is 28.7 Å². The van der Waals surface area contributed by atoms with Crippen LogP contribution in [-0.4, -0.2) is 53.8 Å². The van der Waals surface area contributed by atoms with E-state index >= 15 is 0 Å². The van der Waals surface area contributed by atoms with E-state index in [4.69, 9.17) is 23.4 Å². The molecule has 1 aromatic rings. The standard InChI is InChI=1S/C15H27NO5/c1-13-14(10-15(21-13)11-16-2)12-20-9-8-19-7-6-18-5-4-17-3/h10,16H,4-9,11-12H2,1-3H3. The van der Waals surface area contributed by atoms with E-state index in [1.165, 1.54) is 0 Å². The van der Waals surface area contributed by atoms with Crippen LogP contribution in [-0.2, 0) is 32.1 Å². The Hall–Kier alpha value is -0.920. The topological polar surface area (TPSA) is 62.1 Å². The minimum absolute atomic E-state index is 0.548. The molecule has 0 aromatic carbocycles. The summed E-state index contributed by atoms with van der Waals surface area (Å²) in [6.45, 7) is 6.72. The highest BCUT2D eigenvalue weighted by molar-refractivity contribution is 5.19. The summed E-state index contributed by atoms with van der Waals surface area (Å²) >= 11 is 0. The third-order valence-electron chi connectivity index (χ3n) is 2.86. The summed E-state index contributed by atoms with van der Waals surface area (Å²) in [6.07, 6.45) is 0. The molecule has 0 radical (unpaired) electrons. The van der Waals surface area contributed by atoms with Crippen LogP contribution in [0.2, 0.25) is 0 Å². The fourth-order valence-electron chi connectivity index (χ4n) is 1.76. The number of hydrogen-bond donors (Lipinski definition) is 1. The number of furan rings is 1. The average molecular weight is 301 g/mol. The van der Waals surface area contributed by atoms with Gasteiger partial charge in [0.1, 0.15) is 11.5 Å². The Morgan fingerprint density at radius 1 is 1.00 bits per heavy atom. The van der Waals surface area contributed by atoms with Crippen LogP contribution in [0.15, 0.2) is 10.5 Å². The van der Waals surface area contributed by atoms with Gasteiger partial charge in [0.25, 0.3) is 0 Å². The number of aryl methyl sites for hydroxylation is 1. The highest BCUT2D eigenvalue weighted by atomic mass is 16.6. The largest absolute Gasteiger partial charge is 0.465 e. The molecular formula is C15H27NO5. The van der Waals surface area contributed by atoms with Crippen molar-refractivity contribution in [2.45, 2.75) is 20.1 Å². The van der Waals surface area contributed by atoms with Crippen LogP contribution in [0.25, 0.3) is 0 Å². The summed E-state index contributed by atoms with van der Waals surface area (Å²) in [4.78, 5) is 0. The molecule has 0 saturated heterocycles. The van der Waals surface area contributed by atoms with E-state index in [2.05, 4.69) is 5.32 Å². The molecule has 6 nitrogen and oxygen atoms in total. The van der Waals surface area contributed by atoms with Crippen LogP contribution in [0.4, 0.5) is 0 Å². The number of hydrogen-bond acceptors (Lipinski definition) is 6. The summed E-state index contributed by atoms with van der Waals surface area (Å²) in [5.74, 6) is 1.84. The van der Waals surface area contributed by atoms with Gasteiger partial charge in [-0.05, 0) is 20.0 Å². The van der Waals surface area contributed by atoms with E-state index in [0.29, 0.717) is 46.2 Å². The summed E-state index contributed by atoms with van der Waals surface area (Å²) in [5.41, 5.74) is 1.09. The van der Waals surface area contributed by atoms with Gasteiger partial charge in [-0.1, -0.05) is 0 Å². The lowest BCUT2D eigenvalue weighted by molar-refractivity contribution is 0.000744. The Labute approximate surface area is 126 Å². The predicted molar refractivity (Wildman–Crippen MR) is 79.4 cm³/mol. The van der Waals surface area contributed by atoms with Crippen LogP contribution in [0.1, 0.15) is 17.1 Å². The molecule has 6 heteroatoms. The van der Waals surface area contributed by atoms with Crippen molar-refractivity contribution in [3.05, 3.63) is 23.2 Å². The molecule has 1 aromatic heterocycles. The number of ether oxygens (including phenoxy) is 4. The van der Waals surface area contributed by atoms with Gasteiger partial charge in [0.2, 0.25) is 0 Å². The van der Waals surface area contributed by atoms with Crippen molar-refractivity contribution >= 4 is 0 Å². The lowest BCUT2D eigenvalue weighted by Crippen LogP contribution is -2.11. The van der Waals surface area contributed by atoms with Crippen molar-refractivity contribution < 1.29 is 23.4 Å².